The van der Waals surface area contributed by atoms with Gasteiger partial charge in [0.15, 0.2) is 0 Å². The lowest BCUT2D eigenvalue weighted by Gasteiger charge is -2.38. The van der Waals surface area contributed by atoms with Crippen LogP contribution in [-0.4, -0.2) is 18.2 Å². The van der Waals surface area contributed by atoms with E-state index in [4.69, 9.17) is 4.74 Å². The Morgan fingerprint density at radius 3 is 2.81 bits per heavy atom. The van der Waals surface area contributed by atoms with E-state index in [2.05, 4.69) is 26.0 Å². The highest BCUT2D eigenvalue weighted by molar-refractivity contribution is 6.49. The molecular weight excluding hydrogens is 264 g/mol. The number of ketones is 2. The largest absolute Gasteiger partial charge is 0.488 e. The molecule has 3 rings (SSSR count). The van der Waals surface area contributed by atoms with Crippen molar-refractivity contribution < 1.29 is 14.3 Å². The molecule has 110 valence electrons. The van der Waals surface area contributed by atoms with Gasteiger partial charge in [0, 0.05) is 22.6 Å². The van der Waals surface area contributed by atoms with Crippen LogP contribution in [0.5, 0.6) is 0 Å². The van der Waals surface area contributed by atoms with Gasteiger partial charge in [-0.15, -0.1) is 0 Å². The number of hydrogen-bond donors (Lipinski definition) is 0. The zero-order valence-corrected chi connectivity index (χ0v) is 12.8. The highest BCUT2D eigenvalue weighted by atomic mass is 16.5. The Kier molecular flexibility index (Phi) is 3.23. The number of rotatable bonds is 3. The summed E-state index contributed by atoms with van der Waals surface area (Å²) < 4.78 is 5.69. The van der Waals surface area contributed by atoms with Crippen LogP contribution in [0.3, 0.4) is 0 Å². The van der Waals surface area contributed by atoms with Gasteiger partial charge in [0.05, 0.1) is 0 Å². The summed E-state index contributed by atoms with van der Waals surface area (Å²) in [6.45, 7) is 6.68. The number of Topliss-reactive ketones (excluding diaryl/α,β-unsaturated/α-hetero) is 1. The molecule has 3 heteroatoms. The molecule has 1 atom stereocenters. The van der Waals surface area contributed by atoms with Gasteiger partial charge < -0.3 is 4.74 Å². The van der Waals surface area contributed by atoms with Crippen LogP contribution >= 0.6 is 0 Å². The fourth-order valence-corrected chi connectivity index (χ4v) is 3.35. The van der Waals surface area contributed by atoms with E-state index in [9.17, 15) is 9.59 Å². The number of carbonyl (C=O) groups excluding carboxylic acids is 2. The predicted molar refractivity (Wildman–Crippen MR) is 80.5 cm³/mol. The van der Waals surface area contributed by atoms with Crippen molar-refractivity contribution in [3.63, 3.8) is 0 Å². The van der Waals surface area contributed by atoms with Crippen molar-refractivity contribution in [1.82, 2.24) is 0 Å². The Morgan fingerprint density at radius 2 is 2.10 bits per heavy atom. The second-order valence-electron chi connectivity index (χ2n) is 6.29. The molecule has 3 aliphatic rings. The summed E-state index contributed by atoms with van der Waals surface area (Å²) in [4.78, 5) is 24.5. The molecule has 1 heterocycles. The normalized spacial score (nSPS) is 27.7. The first kappa shape index (κ1) is 14.1. The first-order valence-corrected chi connectivity index (χ1v) is 7.55. The van der Waals surface area contributed by atoms with Crippen molar-refractivity contribution in [2.75, 3.05) is 6.61 Å². The molecule has 0 saturated carbocycles. The van der Waals surface area contributed by atoms with E-state index in [1.807, 2.05) is 6.92 Å². The van der Waals surface area contributed by atoms with Crippen LogP contribution in [0.15, 0.2) is 46.3 Å². The molecule has 0 N–H and O–H groups in total. The summed E-state index contributed by atoms with van der Waals surface area (Å²) >= 11 is 0. The van der Waals surface area contributed by atoms with Crippen LogP contribution in [0, 0.1) is 5.41 Å². The highest BCUT2D eigenvalue weighted by Gasteiger charge is 2.43. The number of carbonyl (C=O) groups is 2. The molecule has 0 amide bonds. The molecule has 0 aromatic heterocycles. The minimum Gasteiger partial charge on any atom is -0.488 e. The van der Waals surface area contributed by atoms with Gasteiger partial charge in [0.25, 0.3) is 0 Å². The van der Waals surface area contributed by atoms with Gasteiger partial charge in [-0.25, -0.2) is 0 Å². The molecule has 0 saturated heterocycles. The first-order valence-electron chi connectivity index (χ1n) is 7.55. The number of allylic oxidation sites excluding steroid dienone is 5. The van der Waals surface area contributed by atoms with Gasteiger partial charge in [-0.2, -0.15) is 0 Å². The van der Waals surface area contributed by atoms with Crippen LogP contribution in [0.1, 0.15) is 40.0 Å². The fraction of sp³-hybridized carbons (Fsp3) is 0.444. The second kappa shape index (κ2) is 4.83. The van der Waals surface area contributed by atoms with E-state index in [1.54, 1.807) is 0 Å². The predicted octanol–water partition coefficient (Wildman–Crippen LogP) is 3.43. The van der Waals surface area contributed by atoms with Crippen molar-refractivity contribution in [3.8, 4) is 0 Å². The van der Waals surface area contributed by atoms with Crippen molar-refractivity contribution in [2.45, 2.75) is 40.0 Å². The Bertz CT molecular complexity index is 658. The smallest absolute Gasteiger partial charge is 0.230 e. The third kappa shape index (κ3) is 2.03. The lowest BCUT2D eigenvalue weighted by Crippen LogP contribution is -2.35. The molecule has 0 aromatic carbocycles. The van der Waals surface area contributed by atoms with Crippen molar-refractivity contribution in [3.05, 3.63) is 46.3 Å². The number of ether oxygens (including phenoxy) is 1. The third-order valence-electron chi connectivity index (χ3n) is 4.62. The number of unbranched alkanes of at least 4 members (excludes halogenated alkanes) is 1. The maximum absolute atomic E-state index is 12.5. The molecule has 1 aliphatic heterocycles. The summed E-state index contributed by atoms with van der Waals surface area (Å²) in [5.41, 5.74) is 3.27. The Labute approximate surface area is 125 Å². The maximum Gasteiger partial charge on any atom is 0.230 e. The molecule has 2 aliphatic carbocycles. The molecule has 0 fully saturated rings. The van der Waals surface area contributed by atoms with E-state index in [-0.39, 0.29) is 11.2 Å². The van der Waals surface area contributed by atoms with Crippen LogP contribution in [0.2, 0.25) is 0 Å². The number of hydrogen-bond acceptors (Lipinski definition) is 3. The molecule has 3 nitrogen and oxygen atoms in total. The van der Waals surface area contributed by atoms with Gasteiger partial charge in [0.2, 0.25) is 11.6 Å². The summed E-state index contributed by atoms with van der Waals surface area (Å²) in [6.07, 6.45) is 8.51. The quantitative estimate of drug-likeness (QED) is 0.589. The van der Waals surface area contributed by atoms with Crippen molar-refractivity contribution in [2.24, 2.45) is 5.41 Å². The lowest BCUT2D eigenvalue weighted by atomic mass is 9.66. The summed E-state index contributed by atoms with van der Waals surface area (Å²) in [7, 11) is 0. The molecular formula is C18H20O3. The summed E-state index contributed by atoms with van der Waals surface area (Å²) in [6, 6.07) is 0. The lowest BCUT2D eigenvalue weighted by molar-refractivity contribution is -0.132. The van der Waals surface area contributed by atoms with Gasteiger partial charge >= 0.3 is 0 Å². The minimum atomic E-state index is -0.458. The van der Waals surface area contributed by atoms with E-state index in [1.165, 1.54) is 6.08 Å². The molecule has 1 unspecified atom stereocenters. The Hall–Kier alpha value is -1.90. The Balaban J connectivity index is 2.21. The SMILES string of the molecule is CCCCC1(C)C=CC2=C(C)COC3=CC(=O)C(=O)C1=C32. The van der Waals surface area contributed by atoms with E-state index in [0.29, 0.717) is 17.9 Å². The topological polar surface area (TPSA) is 43.4 Å². The van der Waals surface area contributed by atoms with Gasteiger partial charge in [0.1, 0.15) is 12.4 Å². The van der Waals surface area contributed by atoms with Gasteiger partial charge in [-0.1, -0.05) is 38.8 Å². The van der Waals surface area contributed by atoms with Crippen LogP contribution < -0.4 is 0 Å². The second-order valence-corrected chi connectivity index (χ2v) is 6.29. The molecule has 0 radical (unpaired) electrons. The first-order chi connectivity index (χ1) is 9.98. The van der Waals surface area contributed by atoms with E-state index >= 15 is 0 Å². The van der Waals surface area contributed by atoms with Gasteiger partial charge in [-0.05, 0) is 24.5 Å². The van der Waals surface area contributed by atoms with Crippen LogP contribution in [-0.2, 0) is 14.3 Å². The Morgan fingerprint density at radius 1 is 1.33 bits per heavy atom. The van der Waals surface area contributed by atoms with Crippen molar-refractivity contribution in [1.29, 1.82) is 0 Å². The third-order valence-corrected chi connectivity index (χ3v) is 4.62. The fourth-order valence-electron chi connectivity index (χ4n) is 3.35. The molecule has 21 heavy (non-hydrogen) atoms. The van der Waals surface area contributed by atoms with E-state index < -0.39 is 5.78 Å². The zero-order valence-electron chi connectivity index (χ0n) is 12.8. The van der Waals surface area contributed by atoms with Crippen LogP contribution in [0.25, 0.3) is 0 Å². The van der Waals surface area contributed by atoms with Crippen LogP contribution in [0.4, 0.5) is 0 Å². The van der Waals surface area contributed by atoms with Crippen molar-refractivity contribution >= 4 is 11.6 Å². The minimum absolute atomic E-state index is 0.368. The average molecular weight is 284 g/mol. The highest BCUT2D eigenvalue weighted by Crippen LogP contribution is 2.48. The maximum atomic E-state index is 12.5. The monoisotopic (exact) mass is 284 g/mol. The standard InChI is InChI=1S/C18H20O3/c1-4-5-7-18(3)8-6-12-11(2)10-21-14-9-13(19)17(20)16(18)15(12)14/h6,8-9H,4-5,7,10H2,1-3H3. The molecule has 0 spiro atoms. The zero-order chi connectivity index (χ0) is 15.2. The van der Waals surface area contributed by atoms with Gasteiger partial charge in [-0.3, -0.25) is 9.59 Å². The average Bonchev–Trinajstić information content (AvgIpc) is 2.46. The summed E-state index contributed by atoms with van der Waals surface area (Å²) in [5.74, 6) is -0.254. The summed E-state index contributed by atoms with van der Waals surface area (Å²) in [5, 5.41) is 0. The molecule has 0 aromatic rings. The van der Waals surface area contributed by atoms with E-state index in [0.717, 1.165) is 36.0 Å². The molecule has 0 bridgehead atoms.